The van der Waals surface area contributed by atoms with E-state index in [4.69, 9.17) is 4.74 Å². The summed E-state index contributed by atoms with van der Waals surface area (Å²) in [6.07, 6.45) is 0.216. The zero-order valence-electron chi connectivity index (χ0n) is 17.7. The van der Waals surface area contributed by atoms with Crippen LogP contribution in [0, 0.1) is 0 Å². The van der Waals surface area contributed by atoms with Crippen LogP contribution in [0.5, 0.6) is 5.75 Å². The van der Waals surface area contributed by atoms with Gasteiger partial charge in [-0.3, -0.25) is 4.79 Å². The molecule has 0 heterocycles. The van der Waals surface area contributed by atoms with Crippen molar-refractivity contribution >= 4 is 38.6 Å². The number of halogens is 1. The number of carboxylic acid groups (broad SMARTS) is 1. The molecule has 0 aromatic heterocycles. The first kappa shape index (κ1) is 22.6. The van der Waals surface area contributed by atoms with Gasteiger partial charge in [-0.25, -0.2) is 4.79 Å². The molecule has 166 valence electrons. The molecule has 0 radical (unpaired) electrons. The number of carbonyl (C=O) groups is 2. The first-order chi connectivity index (χ1) is 16.0. The van der Waals surface area contributed by atoms with Crippen LogP contribution in [0.25, 0.3) is 10.8 Å². The van der Waals surface area contributed by atoms with Crippen LogP contribution in [0.1, 0.15) is 21.5 Å². The predicted octanol–water partition coefficient (Wildman–Crippen LogP) is 5.61. The van der Waals surface area contributed by atoms with Gasteiger partial charge in [-0.2, -0.15) is 0 Å². The fraction of sp³-hybridized carbons (Fsp3) is 0.111. The SMILES string of the molecule is O=C(NC(Cc1ccccc1)C(=O)O)c1ccc2cc(OCc3ccccc3Br)ccc2c1. The van der Waals surface area contributed by atoms with Gasteiger partial charge >= 0.3 is 5.97 Å². The van der Waals surface area contributed by atoms with Crippen LogP contribution in [-0.4, -0.2) is 23.0 Å². The summed E-state index contributed by atoms with van der Waals surface area (Å²) in [5, 5.41) is 14.0. The molecule has 4 aromatic carbocycles. The molecule has 0 saturated heterocycles. The normalized spacial score (nSPS) is 11.7. The van der Waals surface area contributed by atoms with Crippen molar-refractivity contribution in [2.24, 2.45) is 0 Å². The van der Waals surface area contributed by atoms with Crippen LogP contribution in [0.4, 0.5) is 0 Å². The highest BCUT2D eigenvalue weighted by molar-refractivity contribution is 9.10. The van der Waals surface area contributed by atoms with E-state index in [0.29, 0.717) is 12.2 Å². The molecule has 0 spiro atoms. The van der Waals surface area contributed by atoms with Gasteiger partial charge in [0.25, 0.3) is 5.91 Å². The van der Waals surface area contributed by atoms with Crippen LogP contribution in [0.2, 0.25) is 0 Å². The van der Waals surface area contributed by atoms with Crippen molar-refractivity contribution in [1.29, 1.82) is 0 Å². The lowest BCUT2D eigenvalue weighted by Crippen LogP contribution is -2.42. The zero-order valence-corrected chi connectivity index (χ0v) is 19.3. The molecule has 0 aliphatic rings. The molecular formula is C27H22BrNO4. The highest BCUT2D eigenvalue weighted by atomic mass is 79.9. The summed E-state index contributed by atoms with van der Waals surface area (Å²) in [6, 6.07) is 27.1. The van der Waals surface area contributed by atoms with Crippen molar-refractivity contribution in [2.75, 3.05) is 0 Å². The van der Waals surface area contributed by atoms with E-state index in [1.54, 1.807) is 12.1 Å². The van der Waals surface area contributed by atoms with Gasteiger partial charge in [-0.15, -0.1) is 0 Å². The number of benzene rings is 4. The van der Waals surface area contributed by atoms with Crippen molar-refractivity contribution < 1.29 is 19.4 Å². The standard InChI is InChI=1S/C27H22BrNO4/c28-24-9-5-4-8-22(24)17-33-23-13-12-19-15-21(11-10-20(19)16-23)26(30)29-25(27(31)32)14-18-6-2-1-3-7-18/h1-13,15-16,25H,14,17H2,(H,29,30)(H,31,32). The van der Waals surface area contributed by atoms with Crippen molar-refractivity contribution in [3.8, 4) is 5.75 Å². The summed E-state index contributed by atoms with van der Waals surface area (Å²) >= 11 is 3.52. The molecule has 0 fully saturated rings. The van der Waals surface area contributed by atoms with E-state index in [0.717, 1.165) is 32.1 Å². The number of aliphatic carboxylic acids is 1. The van der Waals surface area contributed by atoms with E-state index in [1.807, 2.05) is 78.9 Å². The Hall–Kier alpha value is -3.64. The van der Waals surface area contributed by atoms with E-state index in [2.05, 4.69) is 21.2 Å². The van der Waals surface area contributed by atoms with Gasteiger partial charge in [-0.05, 0) is 46.7 Å². The van der Waals surface area contributed by atoms with Crippen LogP contribution < -0.4 is 10.1 Å². The molecule has 0 bridgehead atoms. The first-order valence-corrected chi connectivity index (χ1v) is 11.3. The minimum atomic E-state index is -1.07. The number of hydrogen-bond acceptors (Lipinski definition) is 3. The topological polar surface area (TPSA) is 75.6 Å². The maximum atomic E-state index is 12.7. The molecule has 4 rings (SSSR count). The average Bonchev–Trinajstić information content (AvgIpc) is 2.83. The Morgan fingerprint density at radius 1 is 0.879 bits per heavy atom. The molecule has 1 unspecified atom stereocenters. The molecule has 0 aliphatic heterocycles. The van der Waals surface area contributed by atoms with Gasteiger partial charge in [0.1, 0.15) is 18.4 Å². The van der Waals surface area contributed by atoms with Gasteiger partial charge in [0, 0.05) is 22.0 Å². The number of nitrogens with one attached hydrogen (secondary N) is 1. The molecule has 5 nitrogen and oxygen atoms in total. The maximum Gasteiger partial charge on any atom is 0.326 e. The Morgan fingerprint density at radius 2 is 1.58 bits per heavy atom. The third-order valence-corrected chi connectivity index (χ3v) is 6.09. The number of amides is 1. The molecule has 1 atom stereocenters. The van der Waals surface area contributed by atoms with E-state index >= 15 is 0 Å². The summed E-state index contributed by atoms with van der Waals surface area (Å²) in [4.78, 5) is 24.4. The highest BCUT2D eigenvalue weighted by Crippen LogP contribution is 2.24. The summed E-state index contributed by atoms with van der Waals surface area (Å²) < 4.78 is 6.91. The Morgan fingerprint density at radius 3 is 2.33 bits per heavy atom. The van der Waals surface area contributed by atoms with Gasteiger partial charge in [0.2, 0.25) is 0 Å². The Kier molecular flexibility index (Phi) is 7.05. The monoisotopic (exact) mass is 503 g/mol. The Labute approximate surface area is 200 Å². The quantitative estimate of drug-likeness (QED) is 0.327. The average molecular weight is 504 g/mol. The zero-order chi connectivity index (χ0) is 23.2. The second-order valence-corrected chi connectivity index (χ2v) is 8.51. The summed E-state index contributed by atoms with van der Waals surface area (Å²) in [5.41, 5.74) is 2.30. The molecule has 6 heteroatoms. The number of rotatable bonds is 8. The fourth-order valence-electron chi connectivity index (χ4n) is 3.52. The van der Waals surface area contributed by atoms with E-state index in [-0.39, 0.29) is 6.42 Å². The van der Waals surface area contributed by atoms with E-state index < -0.39 is 17.9 Å². The lowest BCUT2D eigenvalue weighted by atomic mass is 10.0. The predicted molar refractivity (Wildman–Crippen MR) is 131 cm³/mol. The van der Waals surface area contributed by atoms with Gasteiger partial charge in [0.05, 0.1) is 0 Å². The largest absolute Gasteiger partial charge is 0.489 e. The van der Waals surface area contributed by atoms with E-state index in [1.165, 1.54) is 0 Å². The van der Waals surface area contributed by atoms with Crippen LogP contribution in [0.15, 0.2) is 95.5 Å². The molecule has 0 saturated carbocycles. The molecule has 1 amide bonds. The fourth-order valence-corrected chi connectivity index (χ4v) is 3.92. The Bertz CT molecular complexity index is 1290. The Balaban J connectivity index is 1.45. The van der Waals surface area contributed by atoms with Gasteiger partial charge in [-0.1, -0.05) is 76.6 Å². The maximum absolute atomic E-state index is 12.7. The summed E-state index contributed by atoms with van der Waals surface area (Å²) in [5.74, 6) is -0.765. The molecule has 33 heavy (non-hydrogen) atoms. The minimum Gasteiger partial charge on any atom is -0.489 e. The lowest BCUT2D eigenvalue weighted by Gasteiger charge is -2.15. The smallest absolute Gasteiger partial charge is 0.326 e. The third-order valence-electron chi connectivity index (χ3n) is 5.31. The van der Waals surface area contributed by atoms with Crippen molar-refractivity contribution in [3.05, 3.63) is 112 Å². The lowest BCUT2D eigenvalue weighted by molar-refractivity contribution is -0.139. The second-order valence-electron chi connectivity index (χ2n) is 7.66. The third kappa shape index (κ3) is 5.79. The minimum absolute atomic E-state index is 0.216. The summed E-state index contributed by atoms with van der Waals surface area (Å²) in [6.45, 7) is 0.436. The van der Waals surface area contributed by atoms with Crippen LogP contribution >= 0.6 is 15.9 Å². The number of carbonyl (C=O) groups excluding carboxylic acids is 1. The first-order valence-electron chi connectivity index (χ1n) is 10.5. The van der Waals surface area contributed by atoms with Crippen molar-refractivity contribution in [1.82, 2.24) is 5.32 Å². The van der Waals surface area contributed by atoms with Crippen molar-refractivity contribution in [3.63, 3.8) is 0 Å². The number of ether oxygens (including phenoxy) is 1. The van der Waals surface area contributed by atoms with E-state index in [9.17, 15) is 14.7 Å². The number of fused-ring (bicyclic) bond motifs is 1. The van der Waals surface area contributed by atoms with Gasteiger partial charge < -0.3 is 15.2 Å². The highest BCUT2D eigenvalue weighted by Gasteiger charge is 2.21. The van der Waals surface area contributed by atoms with Crippen LogP contribution in [0.3, 0.4) is 0 Å². The molecular weight excluding hydrogens is 482 g/mol. The van der Waals surface area contributed by atoms with Crippen LogP contribution in [-0.2, 0) is 17.8 Å². The molecule has 4 aromatic rings. The second kappa shape index (κ2) is 10.3. The molecule has 2 N–H and O–H groups in total. The number of hydrogen-bond donors (Lipinski definition) is 2. The number of carboxylic acids is 1. The molecule has 0 aliphatic carbocycles. The summed E-state index contributed by atoms with van der Waals surface area (Å²) in [7, 11) is 0. The van der Waals surface area contributed by atoms with Crippen molar-refractivity contribution in [2.45, 2.75) is 19.1 Å². The van der Waals surface area contributed by atoms with Gasteiger partial charge in [0.15, 0.2) is 0 Å².